The molecule has 0 radical (unpaired) electrons. The standard InChI is InChI=1S/C19H25N5O2/c1-3-5-9-15-13-24-18(22-23-19(24)25)17(21-15)20-12-11-14-8-6-7-10-16(14)26-4-2/h6-8,10,13H,3-5,9,11-12H2,1-2H3,(H,20,21)(H,23,25). The lowest BCUT2D eigenvalue weighted by atomic mass is 10.1. The molecule has 7 nitrogen and oxygen atoms in total. The van der Waals surface area contributed by atoms with E-state index in [-0.39, 0.29) is 5.69 Å². The van der Waals surface area contributed by atoms with Gasteiger partial charge in [-0.3, -0.25) is 0 Å². The summed E-state index contributed by atoms with van der Waals surface area (Å²) < 4.78 is 7.19. The molecule has 0 amide bonds. The highest BCUT2D eigenvalue weighted by Crippen LogP contribution is 2.19. The summed E-state index contributed by atoms with van der Waals surface area (Å²) in [5, 5.41) is 9.91. The fourth-order valence-electron chi connectivity index (χ4n) is 2.88. The van der Waals surface area contributed by atoms with E-state index in [2.05, 4.69) is 33.5 Å². The van der Waals surface area contributed by atoms with Crippen LogP contribution in [0, 0.1) is 0 Å². The molecule has 3 aromatic rings. The van der Waals surface area contributed by atoms with Gasteiger partial charge in [-0.1, -0.05) is 31.5 Å². The Labute approximate surface area is 152 Å². The topological polar surface area (TPSA) is 84.3 Å². The van der Waals surface area contributed by atoms with Gasteiger partial charge in [-0.05, 0) is 37.8 Å². The van der Waals surface area contributed by atoms with Crippen LogP contribution in [-0.4, -0.2) is 32.7 Å². The first-order chi connectivity index (χ1) is 12.7. The highest BCUT2D eigenvalue weighted by molar-refractivity contribution is 5.62. The van der Waals surface area contributed by atoms with Crippen LogP contribution < -0.4 is 15.7 Å². The fraction of sp³-hybridized carbons (Fsp3) is 0.421. The predicted octanol–water partition coefficient (Wildman–Crippen LogP) is 2.81. The van der Waals surface area contributed by atoms with E-state index >= 15 is 0 Å². The van der Waals surface area contributed by atoms with E-state index in [9.17, 15) is 4.79 Å². The van der Waals surface area contributed by atoms with E-state index in [4.69, 9.17) is 4.74 Å². The number of benzene rings is 1. The summed E-state index contributed by atoms with van der Waals surface area (Å²) in [6.07, 6.45) is 5.51. The van der Waals surface area contributed by atoms with Crippen molar-refractivity contribution in [1.82, 2.24) is 19.6 Å². The molecule has 138 valence electrons. The second-order valence-electron chi connectivity index (χ2n) is 6.12. The van der Waals surface area contributed by atoms with Gasteiger partial charge in [0, 0.05) is 12.7 Å². The molecule has 0 saturated carbocycles. The highest BCUT2D eigenvalue weighted by Gasteiger charge is 2.11. The van der Waals surface area contributed by atoms with Crippen LogP contribution in [0.1, 0.15) is 37.9 Å². The number of hydrogen-bond acceptors (Lipinski definition) is 5. The molecule has 0 spiro atoms. The van der Waals surface area contributed by atoms with Gasteiger partial charge in [0.25, 0.3) is 0 Å². The van der Waals surface area contributed by atoms with Gasteiger partial charge in [0.15, 0.2) is 5.82 Å². The Kier molecular flexibility index (Phi) is 5.88. The number of ether oxygens (including phenoxy) is 1. The monoisotopic (exact) mass is 355 g/mol. The van der Waals surface area contributed by atoms with Crippen molar-refractivity contribution >= 4 is 11.5 Å². The second kappa shape index (κ2) is 8.51. The third-order valence-electron chi connectivity index (χ3n) is 4.20. The summed E-state index contributed by atoms with van der Waals surface area (Å²) in [6.45, 7) is 5.43. The van der Waals surface area contributed by atoms with Crippen LogP contribution in [0.2, 0.25) is 0 Å². The zero-order chi connectivity index (χ0) is 18.4. The Morgan fingerprint density at radius 1 is 1.23 bits per heavy atom. The number of fused-ring (bicyclic) bond motifs is 1. The minimum absolute atomic E-state index is 0.245. The molecule has 0 bridgehead atoms. The lowest BCUT2D eigenvalue weighted by molar-refractivity contribution is 0.336. The van der Waals surface area contributed by atoms with Gasteiger partial charge in [0.1, 0.15) is 5.75 Å². The first kappa shape index (κ1) is 18.0. The molecule has 0 saturated heterocycles. The molecule has 0 atom stereocenters. The number of unbranched alkanes of at least 4 members (excludes halogenated alkanes) is 1. The fourth-order valence-corrected chi connectivity index (χ4v) is 2.88. The maximum absolute atomic E-state index is 11.9. The Balaban J connectivity index is 1.77. The zero-order valence-electron chi connectivity index (χ0n) is 15.3. The van der Waals surface area contributed by atoms with E-state index in [0.717, 1.165) is 42.7 Å². The highest BCUT2D eigenvalue weighted by atomic mass is 16.5. The minimum Gasteiger partial charge on any atom is -0.494 e. The maximum atomic E-state index is 11.9. The van der Waals surface area contributed by atoms with Gasteiger partial charge >= 0.3 is 5.69 Å². The van der Waals surface area contributed by atoms with E-state index in [0.29, 0.717) is 24.6 Å². The molecular weight excluding hydrogens is 330 g/mol. The second-order valence-corrected chi connectivity index (χ2v) is 6.12. The van der Waals surface area contributed by atoms with Crippen LogP contribution in [0.5, 0.6) is 5.75 Å². The van der Waals surface area contributed by atoms with E-state index in [1.807, 2.05) is 25.1 Å². The number of hydrogen-bond donors (Lipinski definition) is 2. The van der Waals surface area contributed by atoms with Crippen LogP contribution in [0.4, 0.5) is 5.82 Å². The Morgan fingerprint density at radius 3 is 2.88 bits per heavy atom. The number of aryl methyl sites for hydroxylation is 1. The molecule has 2 heterocycles. The summed E-state index contributed by atoms with van der Waals surface area (Å²) in [4.78, 5) is 16.6. The van der Waals surface area contributed by atoms with Gasteiger partial charge < -0.3 is 10.1 Å². The molecular formula is C19H25N5O2. The van der Waals surface area contributed by atoms with Gasteiger partial charge in [-0.2, -0.15) is 0 Å². The van der Waals surface area contributed by atoms with Crippen molar-refractivity contribution in [3.8, 4) is 5.75 Å². The molecule has 3 rings (SSSR count). The molecule has 26 heavy (non-hydrogen) atoms. The van der Waals surface area contributed by atoms with Crippen LogP contribution in [0.15, 0.2) is 35.3 Å². The van der Waals surface area contributed by atoms with Crippen molar-refractivity contribution in [2.24, 2.45) is 0 Å². The largest absolute Gasteiger partial charge is 0.494 e. The lowest BCUT2D eigenvalue weighted by Crippen LogP contribution is -2.14. The van der Waals surface area contributed by atoms with Crippen LogP contribution in [-0.2, 0) is 12.8 Å². The third-order valence-corrected chi connectivity index (χ3v) is 4.20. The van der Waals surface area contributed by atoms with Crippen molar-refractivity contribution in [1.29, 1.82) is 0 Å². The molecule has 0 fully saturated rings. The van der Waals surface area contributed by atoms with Crippen molar-refractivity contribution in [3.63, 3.8) is 0 Å². The van der Waals surface area contributed by atoms with E-state index in [1.165, 1.54) is 4.40 Å². The predicted molar refractivity (Wildman–Crippen MR) is 102 cm³/mol. The van der Waals surface area contributed by atoms with E-state index in [1.54, 1.807) is 6.20 Å². The van der Waals surface area contributed by atoms with Crippen molar-refractivity contribution in [2.45, 2.75) is 39.5 Å². The Bertz CT molecular complexity index is 916. The average Bonchev–Trinajstić information content (AvgIpc) is 3.03. The van der Waals surface area contributed by atoms with Crippen LogP contribution >= 0.6 is 0 Å². The van der Waals surface area contributed by atoms with Gasteiger partial charge in [0.05, 0.1) is 12.3 Å². The Hall–Kier alpha value is -2.83. The first-order valence-corrected chi connectivity index (χ1v) is 9.14. The number of H-pyrrole nitrogens is 1. The third kappa shape index (κ3) is 4.04. The summed E-state index contributed by atoms with van der Waals surface area (Å²) >= 11 is 0. The maximum Gasteiger partial charge on any atom is 0.347 e. The molecule has 2 aromatic heterocycles. The quantitative estimate of drug-likeness (QED) is 0.616. The Morgan fingerprint density at radius 2 is 2.08 bits per heavy atom. The number of aromatic nitrogens is 4. The van der Waals surface area contributed by atoms with E-state index < -0.39 is 0 Å². The SMILES string of the molecule is CCCCc1cn2c(=O)[nH]nc2c(NCCc2ccccc2OCC)n1. The van der Waals surface area contributed by atoms with Crippen LogP contribution in [0.3, 0.4) is 0 Å². The smallest absolute Gasteiger partial charge is 0.347 e. The number of nitrogens with zero attached hydrogens (tertiary/aromatic N) is 3. The van der Waals surface area contributed by atoms with Crippen molar-refractivity contribution < 1.29 is 4.74 Å². The zero-order valence-corrected chi connectivity index (χ0v) is 15.3. The number of anilines is 1. The van der Waals surface area contributed by atoms with Crippen molar-refractivity contribution in [3.05, 3.63) is 52.2 Å². The van der Waals surface area contributed by atoms with Crippen LogP contribution in [0.25, 0.3) is 5.65 Å². The number of aromatic amines is 1. The number of rotatable bonds is 9. The summed E-state index contributed by atoms with van der Waals surface area (Å²) in [7, 11) is 0. The minimum atomic E-state index is -0.245. The molecule has 0 aliphatic rings. The molecule has 7 heteroatoms. The molecule has 1 aromatic carbocycles. The van der Waals surface area contributed by atoms with Gasteiger partial charge in [-0.15, -0.1) is 5.10 Å². The molecule has 0 unspecified atom stereocenters. The first-order valence-electron chi connectivity index (χ1n) is 9.14. The lowest BCUT2D eigenvalue weighted by Gasteiger charge is -2.12. The molecule has 2 N–H and O–H groups in total. The van der Waals surface area contributed by atoms with Gasteiger partial charge in [-0.25, -0.2) is 19.3 Å². The number of nitrogens with one attached hydrogen (secondary N) is 2. The van der Waals surface area contributed by atoms with Gasteiger partial charge in [0.2, 0.25) is 5.65 Å². The normalized spacial score (nSPS) is 11.0. The summed E-state index contributed by atoms with van der Waals surface area (Å²) in [5.41, 5.74) is 2.30. The molecule has 0 aliphatic carbocycles. The average molecular weight is 355 g/mol. The summed E-state index contributed by atoms with van der Waals surface area (Å²) in [5.74, 6) is 1.54. The molecule has 0 aliphatic heterocycles. The van der Waals surface area contributed by atoms with Crippen molar-refractivity contribution in [2.75, 3.05) is 18.5 Å². The summed E-state index contributed by atoms with van der Waals surface area (Å²) in [6, 6.07) is 8.02. The number of para-hydroxylation sites is 1.